The average molecular weight is 528 g/mol. The Morgan fingerprint density at radius 2 is 1.95 bits per heavy atom. The number of carboxylic acid groups (broad SMARTS) is 1. The van der Waals surface area contributed by atoms with Crippen LogP contribution in [0.3, 0.4) is 0 Å². The van der Waals surface area contributed by atoms with Gasteiger partial charge in [0.1, 0.15) is 11.8 Å². The number of hydrogen-bond acceptors (Lipinski definition) is 7. The van der Waals surface area contributed by atoms with Crippen LogP contribution in [0.15, 0.2) is 64.2 Å². The maximum atomic E-state index is 12.4. The molecule has 11 nitrogen and oxygen atoms in total. The normalized spacial score (nSPS) is 14.5. The zero-order valence-electron chi connectivity index (χ0n) is 20.1. The standard InChI is InChI=1S/C25H29N5O6S/c31-23(29-25-26-11-4-12-27-25)10-8-17-7-9-20-19(13-17)16-36-22(20)14-21(24(32)33)30-37(34,35)28-15-18-5-2-1-3-6-18/h1-3,5-7,9,13,16,21,28,30H,4,8,10-12,14-15H2,(H,32,33)(H2,26,27,29,31). The zero-order chi connectivity index (χ0) is 26.3. The summed E-state index contributed by atoms with van der Waals surface area (Å²) in [5, 5.41) is 16.9. The summed E-state index contributed by atoms with van der Waals surface area (Å²) < 4.78 is 35.0. The topological polar surface area (TPSA) is 162 Å². The van der Waals surface area contributed by atoms with E-state index in [1.807, 2.05) is 18.2 Å². The van der Waals surface area contributed by atoms with Crippen molar-refractivity contribution in [3.63, 3.8) is 0 Å². The van der Waals surface area contributed by atoms with Crippen LogP contribution in [0.2, 0.25) is 0 Å². The minimum atomic E-state index is -4.09. The van der Waals surface area contributed by atoms with Gasteiger partial charge in [-0.3, -0.25) is 19.9 Å². The molecule has 0 bridgehead atoms. The second kappa shape index (κ2) is 12.0. The van der Waals surface area contributed by atoms with E-state index in [0.717, 1.165) is 29.5 Å². The van der Waals surface area contributed by atoms with Gasteiger partial charge >= 0.3 is 5.97 Å². The molecule has 0 spiro atoms. The molecular weight excluding hydrogens is 498 g/mol. The van der Waals surface area contributed by atoms with Crippen molar-refractivity contribution < 1.29 is 27.5 Å². The van der Waals surface area contributed by atoms with Gasteiger partial charge in [0.25, 0.3) is 10.2 Å². The molecular formula is C25H29N5O6S. The largest absolute Gasteiger partial charge is 0.480 e. The minimum absolute atomic E-state index is 0.0254. The van der Waals surface area contributed by atoms with Gasteiger partial charge in [0, 0.05) is 43.2 Å². The molecule has 1 unspecified atom stereocenters. The number of aryl methyl sites for hydroxylation is 1. The molecule has 0 saturated carbocycles. The first kappa shape index (κ1) is 26.3. The summed E-state index contributed by atoms with van der Waals surface area (Å²) in [4.78, 5) is 28.2. The van der Waals surface area contributed by atoms with Gasteiger partial charge in [0.2, 0.25) is 5.91 Å². The van der Waals surface area contributed by atoms with Crippen LogP contribution < -0.4 is 20.1 Å². The van der Waals surface area contributed by atoms with E-state index in [1.165, 1.54) is 6.26 Å². The highest BCUT2D eigenvalue weighted by molar-refractivity contribution is 7.87. The number of fused-ring (bicyclic) bond motifs is 1. The fraction of sp³-hybridized carbons (Fsp3) is 0.320. The van der Waals surface area contributed by atoms with Crippen molar-refractivity contribution in [2.75, 3.05) is 13.1 Å². The number of nitrogens with one attached hydrogen (secondary N) is 4. The minimum Gasteiger partial charge on any atom is -0.480 e. The van der Waals surface area contributed by atoms with E-state index in [1.54, 1.807) is 30.3 Å². The van der Waals surface area contributed by atoms with Gasteiger partial charge in [0.05, 0.1) is 6.26 Å². The van der Waals surface area contributed by atoms with Gasteiger partial charge in [-0.15, -0.1) is 0 Å². The van der Waals surface area contributed by atoms with Crippen molar-refractivity contribution in [1.82, 2.24) is 20.1 Å². The first-order valence-electron chi connectivity index (χ1n) is 11.9. The third-order valence-corrected chi connectivity index (χ3v) is 6.95. The quantitative estimate of drug-likeness (QED) is 0.252. The van der Waals surface area contributed by atoms with E-state index < -0.39 is 22.2 Å². The third kappa shape index (κ3) is 7.62. The molecule has 0 fully saturated rings. The Morgan fingerprint density at radius 1 is 1.14 bits per heavy atom. The lowest BCUT2D eigenvalue weighted by Gasteiger charge is -2.15. The van der Waals surface area contributed by atoms with Crippen molar-refractivity contribution in [3.8, 4) is 0 Å². The highest BCUT2D eigenvalue weighted by Crippen LogP contribution is 2.24. The van der Waals surface area contributed by atoms with Gasteiger partial charge in [-0.25, -0.2) is 0 Å². The summed E-state index contributed by atoms with van der Waals surface area (Å²) in [6.07, 6.45) is 3.03. The molecule has 4 rings (SSSR count). The zero-order valence-corrected chi connectivity index (χ0v) is 20.9. The molecule has 0 aliphatic carbocycles. The molecule has 2 aromatic carbocycles. The number of carboxylic acids is 1. The van der Waals surface area contributed by atoms with E-state index >= 15 is 0 Å². The number of amides is 1. The number of nitrogens with zero attached hydrogens (tertiary/aromatic N) is 1. The van der Waals surface area contributed by atoms with E-state index in [2.05, 4.69) is 25.1 Å². The van der Waals surface area contributed by atoms with Gasteiger partial charge in [0.15, 0.2) is 5.96 Å². The molecule has 0 saturated heterocycles. The predicted molar refractivity (Wildman–Crippen MR) is 138 cm³/mol. The maximum Gasteiger partial charge on any atom is 0.322 e. The number of carbonyl (C=O) groups excluding carboxylic acids is 1. The Kier molecular flexibility index (Phi) is 8.54. The van der Waals surface area contributed by atoms with Crippen LogP contribution in [-0.4, -0.2) is 50.5 Å². The molecule has 2 heterocycles. The van der Waals surface area contributed by atoms with Crippen LogP contribution in [0.1, 0.15) is 29.7 Å². The maximum absolute atomic E-state index is 12.4. The number of aliphatic imine (C=N–C) groups is 1. The second-order valence-corrected chi connectivity index (χ2v) is 10.2. The molecule has 5 N–H and O–H groups in total. The number of hydrogen-bond donors (Lipinski definition) is 5. The summed E-state index contributed by atoms with van der Waals surface area (Å²) in [5.41, 5.74) is 1.65. The van der Waals surface area contributed by atoms with Crippen LogP contribution in [-0.2, 0) is 39.2 Å². The summed E-state index contributed by atoms with van der Waals surface area (Å²) >= 11 is 0. The summed E-state index contributed by atoms with van der Waals surface area (Å²) in [6.45, 7) is 1.50. The lowest BCUT2D eigenvalue weighted by atomic mass is 10.0. The van der Waals surface area contributed by atoms with Gasteiger partial charge in [-0.1, -0.05) is 42.5 Å². The number of benzene rings is 2. The number of furan rings is 1. The Hall–Kier alpha value is -3.74. The number of aliphatic carboxylic acids is 1. The Balaban J connectivity index is 1.36. The highest BCUT2D eigenvalue weighted by Gasteiger charge is 2.26. The second-order valence-electron chi connectivity index (χ2n) is 8.66. The van der Waals surface area contributed by atoms with Crippen molar-refractivity contribution >= 4 is 38.8 Å². The lowest BCUT2D eigenvalue weighted by Crippen LogP contribution is -2.47. The Morgan fingerprint density at radius 3 is 2.68 bits per heavy atom. The van der Waals surface area contributed by atoms with E-state index in [9.17, 15) is 23.1 Å². The average Bonchev–Trinajstić information content (AvgIpc) is 3.29. The fourth-order valence-electron chi connectivity index (χ4n) is 3.91. The van der Waals surface area contributed by atoms with Crippen LogP contribution in [0, 0.1) is 0 Å². The Bertz CT molecular complexity index is 1390. The summed E-state index contributed by atoms with van der Waals surface area (Å²) in [5.74, 6) is -0.614. The van der Waals surface area contributed by atoms with E-state index in [0.29, 0.717) is 30.1 Å². The molecule has 12 heteroatoms. The van der Waals surface area contributed by atoms with Crippen molar-refractivity contribution in [2.45, 2.75) is 38.3 Å². The van der Waals surface area contributed by atoms with Crippen molar-refractivity contribution in [2.24, 2.45) is 4.99 Å². The van der Waals surface area contributed by atoms with Crippen molar-refractivity contribution in [1.29, 1.82) is 0 Å². The first-order valence-corrected chi connectivity index (χ1v) is 13.4. The van der Waals surface area contributed by atoms with E-state index in [4.69, 9.17) is 4.42 Å². The van der Waals surface area contributed by atoms with Gasteiger partial charge in [-0.2, -0.15) is 17.9 Å². The molecule has 1 amide bonds. The first-order chi connectivity index (χ1) is 17.8. The fourth-order valence-corrected chi connectivity index (χ4v) is 4.91. The molecule has 1 aliphatic rings. The smallest absolute Gasteiger partial charge is 0.322 e. The monoisotopic (exact) mass is 527 g/mol. The van der Waals surface area contributed by atoms with Crippen LogP contribution in [0.5, 0.6) is 0 Å². The van der Waals surface area contributed by atoms with Crippen LogP contribution in [0.25, 0.3) is 10.8 Å². The van der Waals surface area contributed by atoms with Crippen molar-refractivity contribution in [3.05, 3.63) is 71.7 Å². The summed E-state index contributed by atoms with van der Waals surface area (Å²) in [7, 11) is -4.09. The molecule has 196 valence electrons. The molecule has 1 aromatic heterocycles. The molecule has 1 aliphatic heterocycles. The van der Waals surface area contributed by atoms with Gasteiger partial charge < -0.3 is 14.8 Å². The number of rotatable bonds is 11. The summed E-state index contributed by atoms with van der Waals surface area (Å²) in [6, 6.07) is 13.0. The van der Waals surface area contributed by atoms with E-state index in [-0.39, 0.29) is 25.3 Å². The molecule has 37 heavy (non-hydrogen) atoms. The number of carbonyl (C=O) groups is 2. The highest BCUT2D eigenvalue weighted by atomic mass is 32.2. The number of guanidine groups is 1. The van der Waals surface area contributed by atoms with Gasteiger partial charge in [-0.05, 0) is 30.0 Å². The van der Waals surface area contributed by atoms with Crippen LogP contribution in [0.4, 0.5) is 0 Å². The molecule has 0 radical (unpaired) electrons. The SMILES string of the molecule is O=C(CCc1ccc2c(CC(NS(=O)(=O)NCc3ccccc3)C(=O)O)occ2c1)NC1=NCCCN1. The Labute approximate surface area is 214 Å². The molecule has 1 atom stereocenters. The lowest BCUT2D eigenvalue weighted by molar-refractivity contribution is -0.139. The molecule has 3 aromatic rings. The third-order valence-electron chi connectivity index (χ3n) is 5.83. The predicted octanol–water partition coefficient (Wildman–Crippen LogP) is 1.45. The van der Waals surface area contributed by atoms with Crippen LogP contribution >= 0.6 is 0 Å².